The molecule has 1 aromatic rings. The van der Waals surface area contributed by atoms with Gasteiger partial charge in [-0.3, -0.25) is 0 Å². The van der Waals surface area contributed by atoms with Gasteiger partial charge in [-0.2, -0.15) is 0 Å². The number of hydrogen-bond acceptors (Lipinski definition) is 3. The van der Waals surface area contributed by atoms with Gasteiger partial charge in [0.15, 0.2) is 0 Å². The number of hydrogen-bond donors (Lipinski definition) is 1. The molecule has 82 valence electrons. The highest BCUT2D eigenvalue weighted by molar-refractivity contribution is 7.09. The molecule has 0 aromatic carbocycles. The normalized spacial score (nSPS) is 12.9. The fourth-order valence-electron chi connectivity index (χ4n) is 1.19. The lowest BCUT2D eigenvalue weighted by Crippen LogP contribution is -2.25. The van der Waals surface area contributed by atoms with Crippen LogP contribution in [0.4, 0.5) is 0 Å². The van der Waals surface area contributed by atoms with Crippen LogP contribution >= 0.6 is 11.3 Å². The second-order valence-corrected chi connectivity index (χ2v) is 4.48. The monoisotopic (exact) mass is 225 g/mol. The molecule has 1 heterocycles. The zero-order valence-corrected chi connectivity index (χ0v) is 9.70. The zero-order chi connectivity index (χ0) is 11.3. The average Bonchev–Trinajstić information content (AvgIpc) is 2.66. The molecule has 1 unspecified atom stereocenters. The highest BCUT2D eigenvalue weighted by atomic mass is 32.1. The van der Waals surface area contributed by atoms with E-state index in [9.17, 15) is 4.79 Å². The van der Waals surface area contributed by atoms with E-state index in [1.165, 1.54) is 4.88 Å². The third-order valence-electron chi connectivity index (χ3n) is 2.22. The van der Waals surface area contributed by atoms with Crippen molar-refractivity contribution in [3.8, 4) is 0 Å². The number of aliphatic carboxylic acids is 1. The summed E-state index contributed by atoms with van der Waals surface area (Å²) in [6.07, 6.45) is 3.70. The second kappa shape index (κ2) is 5.56. The summed E-state index contributed by atoms with van der Waals surface area (Å²) in [7, 11) is 1.89. The van der Waals surface area contributed by atoms with Crippen molar-refractivity contribution >= 4 is 17.3 Å². The maximum Gasteiger partial charge on any atom is 0.329 e. The van der Waals surface area contributed by atoms with Crippen molar-refractivity contribution in [1.29, 1.82) is 0 Å². The average molecular weight is 225 g/mol. The molecular formula is C11H15NO2S. The maximum atomic E-state index is 10.3. The first-order valence-electron chi connectivity index (χ1n) is 4.75. The van der Waals surface area contributed by atoms with Gasteiger partial charge in [0.25, 0.3) is 0 Å². The van der Waals surface area contributed by atoms with Crippen LogP contribution in [0.25, 0.3) is 0 Å². The van der Waals surface area contributed by atoms with Gasteiger partial charge < -0.3 is 10.0 Å². The summed E-state index contributed by atoms with van der Waals surface area (Å²) < 4.78 is 0. The van der Waals surface area contributed by atoms with Crippen LogP contribution in [-0.4, -0.2) is 29.1 Å². The first-order valence-corrected chi connectivity index (χ1v) is 5.63. The van der Waals surface area contributed by atoms with Crippen molar-refractivity contribution in [2.24, 2.45) is 0 Å². The van der Waals surface area contributed by atoms with Crippen molar-refractivity contribution < 1.29 is 9.90 Å². The van der Waals surface area contributed by atoms with E-state index in [1.807, 2.05) is 18.0 Å². The molecule has 1 rings (SSSR count). The van der Waals surface area contributed by atoms with Crippen LogP contribution in [0.15, 0.2) is 29.8 Å². The van der Waals surface area contributed by atoms with Crippen LogP contribution in [-0.2, 0) is 11.2 Å². The van der Waals surface area contributed by atoms with E-state index in [-0.39, 0.29) is 0 Å². The Labute approximate surface area is 93.7 Å². The van der Waals surface area contributed by atoms with Gasteiger partial charge in [-0.25, -0.2) is 4.79 Å². The van der Waals surface area contributed by atoms with Gasteiger partial charge in [0.05, 0.1) is 0 Å². The van der Waals surface area contributed by atoms with E-state index >= 15 is 0 Å². The molecule has 0 spiro atoms. The minimum Gasteiger partial charge on any atom is -0.478 e. The van der Waals surface area contributed by atoms with Crippen LogP contribution in [0.3, 0.4) is 0 Å². The van der Waals surface area contributed by atoms with Crippen molar-refractivity contribution in [3.63, 3.8) is 0 Å². The molecule has 0 fully saturated rings. The summed E-state index contributed by atoms with van der Waals surface area (Å²) >= 11 is 1.73. The fraction of sp³-hybridized carbons (Fsp3) is 0.364. The molecule has 0 aliphatic heterocycles. The number of nitrogens with zero attached hydrogens (tertiary/aromatic N) is 1. The SMILES string of the molecule is CC(Cc1cccs1)N(C)C=CC(=O)O. The summed E-state index contributed by atoms with van der Waals surface area (Å²) in [6, 6.07) is 4.43. The molecule has 1 atom stereocenters. The molecule has 0 saturated heterocycles. The highest BCUT2D eigenvalue weighted by Gasteiger charge is 2.07. The van der Waals surface area contributed by atoms with Crippen LogP contribution in [0.5, 0.6) is 0 Å². The summed E-state index contributed by atoms with van der Waals surface area (Å²) in [6.45, 7) is 2.08. The molecule has 4 heteroatoms. The van der Waals surface area contributed by atoms with Crippen molar-refractivity contribution in [1.82, 2.24) is 4.90 Å². The largest absolute Gasteiger partial charge is 0.478 e. The summed E-state index contributed by atoms with van der Waals surface area (Å²) in [5.74, 6) is -0.912. The summed E-state index contributed by atoms with van der Waals surface area (Å²) in [5, 5.41) is 10.5. The molecule has 1 aromatic heterocycles. The van der Waals surface area contributed by atoms with Crippen LogP contribution in [0, 0.1) is 0 Å². The smallest absolute Gasteiger partial charge is 0.329 e. The number of carbonyl (C=O) groups is 1. The van der Waals surface area contributed by atoms with E-state index in [4.69, 9.17) is 5.11 Å². The second-order valence-electron chi connectivity index (χ2n) is 3.45. The summed E-state index contributed by atoms with van der Waals surface area (Å²) in [4.78, 5) is 13.6. The Morgan fingerprint density at radius 2 is 2.47 bits per heavy atom. The Morgan fingerprint density at radius 3 is 3.00 bits per heavy atom. The van der Waals surface area contributed by atoms with Gasteiger partial charge >= 0.3 is 5.97 Å². The predicted molar refractivity (Wildman–Crippen MR) is 62.0 cm³/mol. The van der Waals surface area contributed by atoms with Crippen molar-refractivity contribution in [2.75, 3.05) is 7.05 Å². The molecule has 1 N–H and O–H groups in total. The standard InChI is InChI=1S/C11H15NO2S/c1-9(8-10-4-3-7-15-10)12(2)6-5-11(13)14/h3-7,9H,8H2,1-2H3,(H,13,14). The Kier molecular flexibility index (Phi) is 4.37. The minimum absolute atomic E-state index is 0.305. The van der Waals surface area contributed by atoms with Gasteiger partial charge in [-0.15, -0.1) is 11.3 Å². The molecular weight excluding hydrogens is 210 g/mol. The highest BCUT2D eigenvalue weighted by Crippen LogP contribution is 2.13. The van der Waals surface area contributed by atoms with Gasteiger partial charge in [0.1, 0.15) is 0 Å². The zero-order valence-electron chi connectivity index (χ0n) is 8.88. The Bertz CT molecular complexity index is 332. The van der Waals surface area contributed by atoms with E-state index in [2.05, 4.69) is 18.4 Å². The third kappa shape index (κ3) is 4.16. The third-order valence-corrected chi connectivity index (χ3v) is 3.12. The summed E-state index contributed by atoms with van der Waals surface area (Å²) in [5.41, 5.74) is 0. The molecule has 0 aliphatic carbocycles. The van der Waals surface area contributed by atoms with Crippen LogP contribution < -0.4 is 0 Å². The van der Waals surface area contributed by atoms with Gasteiger partial charge in [-0.1, -0.05) is 6.07 Å². The Hall–Kier alpha value is -1.29. The predicted octanol–water partition coefficient (Wildman–Crippen LogP) is 2.21. The van der Waals surface area contributed by atoms with Crippen molar-refractivity contribution in [3.05, 3.63) is 34.7 Å². The number of likely N-dealkylation sites (N-methyl/N-ethyl adjacent to an activating group) is 1. The Balaban J connectivity index is 2.46. The number of carboxylic acids is 1. The molecule has 0 radical (unpaired) electrons. The van der Waals surface area contributed by atoms with Gasteiger partial charge in [-0.05, 0) is 18.4 Å². The van der Waals surface area contributed by atoms with Crippen LogP contribution in [0.1, 0.15) is 11.8 Å². The van der Waals surface area contributed by atoms with E-state index in [0.29, 0.717) is 6.04 Å². The van der Waals surface area contributed by atoms with Gasteiger partial charge in [0.2, 0.25) is 0 Å². The first kappa shape index (κ1) is 11.8. The fourth-order valence-corrected chi connectivity index (χ4v) is 2.02. The topological polar surface area (TPSA) is 40.5 Å². The van der Waals surface area contributed by atoms with Gasteiger partial charge in [0, 0.05) is 36.7 Å². The molecule has 15 heavy (non-hydrogen) atoms. The van der Waals surface area contributed by atoms with Crippen molar-refractivity contribution in [2.45, 2.75) is 19.4 Å². The van der Waals surface area contributed by atoms with E-state index < -0.39 is 5.97 Å². The van der Waals surface area contributed by atoms with E-state index in [1.54, 1.807) is 17.5 Å². The maximum absolute atomic E-state index is 10.3. The number of carboxylic acid groups (broad SMARTS) is 1. The first-order chi connectivity index (χ1) is 7.09. The molecule has 0 saturated carbocycles. The number of thiophene rings is 1. The lowest BCUT2D eigenvalue weighted by Gasteiger charge is -2.22. The van der Waals surface area contributed by atoms with E-state index in [0.717, 1.165) is 12.5 Å². The minimum atomic E-state index is -0.912. The Morgan fingerprint density at radius 1 is 1.73 bits per heavy atom. The quantitative estimate of drug-likeness (QED) is 0.781. The number of rotatable bonds is 5. The molecule has 0 amide bonds. The molecule has 0 bridgehead atoms. The lowest BCUT2D eigenvalue weighted by atomic mass is 10.2. The molecule has 3 nitrogen and oxygen atoms in total. The lowest BCUT2D eigenvalue weighted by molar-refractivity contribution is -0.131. The van der Waals surface area contributed by atoms with Crippen LogP contribution in [0.2, 0.25) is 0 Å². The molecule has 0 aliphatic rings.